The van der Waals surface area contributed by atoms with E-state index in [1.54, 1.807) is 0 Å². The summed E-state index contributed by atoms with van der Waals surface area (Å²) in [6.45, 7) is 5.80. The van der Waals surface area contributed by atoms with Crippen LogP contribution in [0.5, 0.6) is 0 Å². The van der Waals surface area contributed by atoms with Crippen LogP contribution in [-0.4, -0.2) is 11.1 Å². The second-order valence-corrected chi connectivity index (χ2v) is 2.65. The van der Waals surface area contributed by atoms with Crippen LogP contribution >= 0.6 is 0 Å². The van der Waals surface area contributed by atoms with Gasteiger partial charge in [0.2, 0.25) is 0 Å². The first-order valence-electron chi connectivity index (χ1n) is 3.86. The van der Waals surface area contributed by atoms with Gasteiger partial charge >= 0.3 is 57.4 Å². The maximum Gasteiger partial charge on any atom is 1.00 e. The summed E-state index contributed by atoms with van der Waals surface area (Å²) in [6, 6.07) is 0. The maximum atomic E-state index is 10.7. The summed E-state index contributed by atoms with van der Waals surface area (Å²) in [5.74, 6) is -0.653. The van der Waals surface area contributed by atoms with Crippen LogP contribution < -0.4 is 51.4 Å². The predicted molar refractivity (Wildman–Crippen MR) is 42.1 cm³/mol. The minimum Gasteiger partial charge on any atom is -1.00 e. The number of carboxylic acids is 1. The zero-order chi connectivity index (χ0) is 8.20. The van der Waals surface area contributed by atoms with Crippen LogP contribution in [-0.2, 0) is 4.79 Å². The standard InChI is InChI=1S/C8H16O2.K.H/c1-4-8(5-2,6-3)7(9)10;;/h4-6H2,1-3H3,(H,9,10);;/q;+1;-1. The topological polar surface area (TPSA) is 37.3 Å². The molecular weight excluding hydrogens is 167 g/mol. The molecule has 3 heteroatoms. The van der Waals surface area contributed by atoms with Crippen LogP contribution in [0.15, 0.2) is 0 Å². The van der Waals surface area contributed by atoms with E-state index in [0.29, 0.717) is 0 Å². The molecule has 0 saturated heterocycles. The molecule has 0 heterocycles. The van der Waals surface area contributed by atoms with Crippen molar-refractivity contribution >= 4 is 5.97 Å². The van der Waals surface area contributed by atoms with Gasteiger partial charge in [-0.15, -0.1) is 0 Å². The molecule has 0 aromatic rings. The first-order valence-corrected chi connectivity index (χ1v) is 3.86. The monoisotopic (exact) mass is 184 g/mol. The quantitative estimate of drug-likeness (QED) is 0.593. The normalized spacial score (nSPS) is 10.5. The maximum absolute atomic E-state index is 10.7. The molecular formula is C8H17KO2. The van der Waals surface area contributed by atoms with E-state index in [-0.39, 0.29) is 52.8 Å². The van der Waals surface area contributed by atoms with E-state index in [1.165, 1.54) is 0 Å². The van der Waals surface area contributed by atoms with Gasteiger partial charge < -0.3 is 6.53 Å². The molecule has 0 rings (SSSR count). The van der Waals surface area contributed by atoms with Crippen molar-refractivity contribution in [2.45, 2.75) is 40.0 Å². The SMILES string of the molecule is CCC(CC)(CC)C(=O)O.[H-].[K+]. The first-order chi connectivity index (χ1) is 4.63. The molecule has 0 aliphatic heterocycles. The van der Waals surface area contributed by atoms with E-state index in [2.05, 4.69) is 0 Å². The third kappa shape index (κ3) is 3.55. The number of carbonyl (C=O) groups is 1. The summed E-state index contributed by atoms with van der Waals surface area (Å²) >= 11 is 0. The molecule has 62 valence electrons. The zero-order valence-electron chi connectivity index (χ0n) is 8.98. The van der Waals surface area contributed by atoms with Crippen LogP contribution in [0.25, 0.3) is 0 Å². The summed E-state index contributed by atoms with van der Waals surface area (Å²) in [5.41, 5.74) is -0.458. The molecule has 0 fully saturated rings. The fraction of sp³-hybridized carbons (Fsp3) is 0.875. The van der Waals surface area contributed by atoms with Gasteiger partial charge in [0.15, 0.2) is 0 Å². The van der Waals surface area contributed by atoms with E-state index >= 15 is 0 Å². The van der Waals surface area contributed by atoms with Crippen LogP contribution in [0.1, 0.15) is 41.5 Å². The Morgan fingerprint density at radius 3 is 1.55 bits per heavy atom. The third-order valence-electron chi connectivity index (χ3n) is 2.48. The van der Waals surface area contributed by atoms with Crippen molar-refractivity contribution in [3.63, 3.8) is 0 Å². The fourth-order valence-electron chi connectivity index (χ4n) is 1.20. The van der Waals surface area contributed by atoms with Crippen LogP contribution in [0, 0.1) is 5.41 Å². The minimum atomic E-state index is -0.653. The molecule has 2 nitrogen and oxygen atoms in total. The number of aliphatic carboxylic acids is 1. The molecule has 0 aliphatic rings. The largest absolute Gasteiger partial charge is 1.00 e. The van der Waals surface area contributed by atoms with Gasteiger partial charge in [0, 0.05) is 0 Å². The molecule has 0 aromatic heterocycles. The fourth-order valence-corrected chi connectivity index (χ4v) is 1.20. The molecule has 0 atom stereocenters. The van der Waals surface area contributed by atoms with Gasteiger partial charge in [-0.3, -0.25) is 4.79 Å². The summed E-state index contributed by atoms with van der Waals surface area (Å²) in [7, 11) is 0. The van der Waals surface area contributed by atoms with Gasteiger partial charge in [0.25, 0.3) is 0 Å². The van der Waals surface area contributed by atoms with Crippen molar-refractivity contribution in [3.05, 3.63) is 0 Å². The molecule has 1 N–H and O–H groups in total. The molecule has 0 amide bonds. The van der Waals surface area contributed by atoms with Crippen molar-refractivity contribution in [1.29, 1.82) is 0 Å². The average Bonchev–Trinajstić information content (AvgIpc) is 1.92. The summed E-state index contributed by atoms with van der Waals surface area (Å²) in [6.07, 6.45) is 2.19. The Morgan fingerprint density at radius 1 is 1.27 bits per heavy atom. The van der Waals surface area contributed by atoms with Gasteiger partial charge in [-0.05, 0) is 19.3 Å². The number of hydrogen-bond donors (Lipinski definition) is 1. The van der Waals surface area contributed by atoms with Crippen molar-refractivity contribution in [1.82, 2.24) is 0 Å². The number of rotatable bonds is 4. The van der Waals surface area contributed by atoms with Crippen molar-refractivity contribution in [2.75, 3.05) is 0 Å². The van der Waals surface area contributed by atoms with Crippen molar-refractivity contribution in [2.24, 2.45) is 5.41 Å². The Balaban J connectivity index is -0.000000405. The number of hydrogen-bond acceptors (Lipinski definition) is 1. The van der Waals surface area contributed by atoms with Crippen LogP contribution in [0.4, 0.5) is 0 Å². The second kappa shape index (κ2) is 6.60. The molecule has 0 bridgehead atoms. The predicted octanol–water partition coefficient (Wildman–Crippen LogP) is -0.596. The Kier molecular flexibility index (Phi) is 8.78. The molecule has 0 aliphatic carbocycles. The Hall–Kier alpha value is 1.11. The minimum absolute atomic E-state index is 0. The average molecular weight is 184 g/mol. The van der Waals surface area contributed by atoms with Gasteiger partial charge in [0.05, 0.1) is 5.41 Å². The zero-order valence-corrected chi connectivity index (χ0v) is 11.1. The van der Waals surface area contributed by atoms with E-state index in [9.17, 15) is 4.79 Å². The Morgan fingerprint density at radius 2 is 1.55 bits per heavy atom. The van der Waals surface area contributed by atoms with E-state index < -0.39 is 11.4 Å². The summed E-state index contributed by atoms with van der Waals surface area (Å²) in [5, 5.41) is 8.82. The van der Waals surface area contributed by atoms with E-state index in [4.69, 9.17) is 5.11 Å². The van der Waals surface area contributed by atoms with E-state index in [0.717, 1.165) is 19.3 Å². The van der Waals surface area contributed by atoms with Crippen LogP contribution in [0.3, 0.4) is 0 Å². The van der Waals surface area contributed by atoms with E-state index in [1.807, 2.05) is 20.8 Å². The Bertz CT molecular complexity index is 116. The molecule has 0 spiro atoms. The van der Waals surface area contributed by atoms with Crippen molar-refractivity contribution < 1.29 is 62.7 Å². The number of carboxylic acid groups (broad SMARTS) is 1. The van der Waals surface area contributed by atoms with Gasteiger partial charge in [-0.25, -0.2) is 0 Å². The molecule has 0 unspecified atom stereocenters. The molecule has 0 radical (unpaired) electrons. The van der Waals surface area contributed by atoms with Crippen LogP contribution in [0.2, 0.25) is 0 Å². The van der Waals surface area contributed by atoms with Gasteiger partial charge in [-0.2, -0.15) is 0 Å². The summed E-state index contributed by atoms with van der Waals surface area (Å²) in [4.78, 5) is 10.7. The first kappa shape index (κ1) is 14.6. The Labute approximate surface area is 113 Å². The smallest absolute Gasteiger partial charge is 1.00 e. The van der Waals surface area contributed by atoms with Gasteiger partial charge in [-0.1, -0.05) is 20.8 Å². The molecule has 0 saturated carbocycles. The van der Waals surface area contributed by atoms with Gasteiger partial charge in [0.1, 0.15) is 0 Å². The summed E-state index contributed by atoms with van der Waals surface area (Å²) < 4.78 is 0. The second-order valence-electron chi connectivity index (χ2n) is 2.65. The third-order valence-corrected chi connectivity index (χ3v) is 2.48. The molecule has 11 heavy (non-hydrogen) atoms. The van der Waals surface area contributed by atoms with Crippen molar-refractivity contribution in [3.8, 4) is 0 Å². The molecule has 0 aromatic carbocycles.